The smallest absolute Gasteiger partial charge is 0.0757 e. The minimum Gasteiger partial charge on any atom is -0.376 e. The third kappa shape index (κ3) is 2.35. The van der Waals surface area contributed by atoms with Crippen LogP contribution in [-0.4, -0.2) is 0 Å². The Hall–Kier alpha value is -2.28. The van der Waals surface area contributed by atoms with Crippen LogP contribution in [0.15, 0.2) is 72.8 Å². The van der Waals surface area contributed by atoms with E-state index in [4.69, 9.17) is 0 Å². The molecule has 0 aromatic heterocycles. The molecule has 0 saturated heterocycles. The summed E-state index contributed by atoms with van der Waals surface area (Å²) in [5.74, 6) is 0. The molecule has 0 saturated carbocycles. The summed E-state index contributed by atoms with van der Waals surface area (Å²) in [6, 6.07) is 25.0. The van der Waals surface area contributed by atoms with E-state index in [2.05, 4.69) is 59.9 Å². The predicted molar refractivity (Wildman–Crippen MR) is 77.4 cm³/mol. The molecule has 0 fully saturated rings. The van der Waals surface area contributed by atoms with Crippen molar-refractivity contribution in [2.45, 2.75) is 0 Å². The van der Waals surface area contributed by atoms with Crippen molar-refractivity contribution < 1.29 is 0 Å². The van der Waals surface area contributed by atoms with Crippen molar-refractivity contribution in [2.24, 2.45) is 0 Å². The van der Waals surface area contributed by atoms with E-state index in [9.17, 15) is 0 Å². The van der Waals surface area contributed by atoms with Crippen LogP contribution in [0.2, 0.25) is 0 Å². The molecule has 18 heavy (non-hydrogen) atoms. The third-order valence-electron chi connectivity index (χ3n) is 2.95. The van der Waals surface area contributed by atoms with Crippen molar-refractivity contribution in [3.63, 3.8) is 0 Å². The first-order valence-corrected chi connectivity index (χ1v) is 6.05. The Morgan fingerprint density at radius 3 is 2.22 bits per heavy atom. The zero-order chi connectivity index (χ0) is 12.2. The van der Waals surface area contributed by atoms with Gasteiger partial charge in [0.25, 0.3) is 0 Å². The standard InChI is InChI=1S/C17H14N/c1-2-6-14(7-3-1)13-18-17-11-10-15-8-4-5-9-16(15)12-17/h1-13,18H. The topological polar surface area (TPSA) is 12.0 Å². The maximum atomic E-state index is 3.33. The van der Waals surface area contributed by atoms with E-state index < -0.39 is 0 Å². The van der Waals surface area contributed by atoms with Gasteiger partial charge in [0, 0.05) is 5.69 Å². The maximum Gasteiger partial charge on any atom is 0.0757 e. The minimum absolute atomic E-state index is 1.11. The van der Waals surface area contributed by atoms with Gasteiger partial charge in [-0.15, -0.1) is 0 Å². The summed E-state index contributed by atoms with van der Waals surface area (Å²) in [6.45, 7) is 2.02. The molecule has 3 rings (SSSR count). The monoisotopic (exact) mass is 232 g/mol. The van der Waals surface area contributed by atoms with Gasteiger partial charge in [-0.05, 0) is 28.5 Å². The van der Waals surface area contributed by atoms with Gasteiger partial charge in [0.15, 0.2) is 0 Å². The molecule has 0 heterocycles. The average Bonchev–Trinajstić information content (AvgIpc) is 2.46. The van der Waals surface area contributed by atoms with Crippen LogP contribution in [0.1, 0.15) is 5.56 Å². The fourth-order valence-electron chi connectivity index (χ4n) is 2.00. The first kappa shape index (κ1) is 10.8. The summed E-state index contributed by atoms with van der Waals surface area (Å²) in [5.41, 5.74) is 2.28. The summed E-state index contributed by atoms with van der Waals surface area (Å²) < 4.78 is 0. The lowest BCUT2D eigenvalue weighted by Gasteiger charge is -2.07. The van der Waals surface area contributed by atoms with Gasteiger partial charge in [-0.25, -0.2) is 0 Å². The van der Waals surface area contributed by atoms with Crippen molar-refractivity contribution in [3.05, 3.63) is 84.9 Å². The van der Waals surface area contributed by atoms with Gasteiger partial charge >= 0.3 is 0 Å². The Balaban J connectivity index is 1.79. The molecule has 1 N–H and O–H groups in total. The number of anilines is 1. The zero-order valence-corrected chi connectivity index (χ0v) is 10.0. The van der Waals surface area contributed by atoms with E-state index in [0.717, 1.165) is 5.69 Å². The molecular formula is C17H14N. The average molecular weight is 232 g/mol. The lowest BCUT2D eigenvalue weighted by atomic mass is 10.1. The van der Waals surface area contributed by atoms with E-state index >= 15 is 0 Å². The molecule has 1 radical (unpaired) electrons. The van der Waals surface area contributed by atoms with Crippen molar-refractivity contribution in [1.82, 2.24) is 0 Å². The molecule has 0 atom stereocenters. The number of benzene rings is 3. The van der Waals surface area contributed by atoms with Crippen LogP contribution >= 0.6 is 0 Å². The Morgan fingerprint density at radius 2 is 1.39 bits per heavy atom. The Labute approximate surface area is 107 Å². The molecule has 0 amide bonds. The van der Waals surface area contributed by atoms with Crippen molar-refractivity contribution in [2.75, 3.05) is 5.32 Å². The second-order valence-corrected chi connectivity index (χ2v) is 4.26. The second kappa shape index (κ2) is 4.92. The number of hydrogen-bond donors (Lipinski definition) is 1. The van der Waals surface area contributed by atoms with Gasteiger partial charge in [0.2, 0.25) is 0 Å². The maximum absolute atomic E-state index is 3.33. The zero-order valence-electron chi connectivity index (χ0n) is 10.0. The molecule has 0 aliphatic heterocycles. The number of rotatable bonds is 3. The molecular weight excluding hydrogens is 218 g/mol. The molecule has 0 aliphatic rings. The summed E-state index contributed by atoms with van der Waals surface area (Å²) in [4.78, 5) is 0. The van der Waals surface area contributed by atoms with Crippen LogP contribution in [0.4, 0.5) is 5.69 Å². The summed E-state index contributed by atoms with van der Waals surface area (Å²) >= 11 is 0. The number of nitrogens with one attached hydrogen (secondary N) is 1. The van der Waals surface area contributed by atoms with Crippen LogP contribution in [0.25, 0.3) is 10.8 Å². The lowest BCUT2D eigenvalue weighted by molar-refractivity contribution is 1.41. The fraction of sp³-hybridized carbons (Fsp3) is 0. The number of fused-ring (bicyclic) bond motifs is 1. The first-order chi connectivity index (χ1) is 8.92. The SMILES string of the molecule is [CH](Nc1ccc2ccccc2c1)c1ccccc1. The Bertz CT molecular complexity index is 644. The minimum atomic E-state index is 1.11. The molecule has 1 nitrogen and oxygen atoms in total. The highest BCUT2D eigenvalue weighted by Gasteiger charge is 1.96. The van der Waals surface area contributed by atoms with E-state index in [1.54, 1.807) is 0 Å². The molecule has 87 valence electrons. The van der Waals surface area contributed by atoms with Gasteiger partial charge in [-0.1, -0.05) is 60.7 Å². The van der Waals surface area contributed by atoms with Crippen LogP contribution in [-0.2, 0) is 0 Å². The van der Waals surface area contributed by atoms with Crippen LogP contribution < -0.4 is 5.32 Å². The molecule has 0 aliphatic carbocycles. The van der Waals surface area contributed by atoms with E-state index in [1.807, 2.05) is 24.7 Å². The highest BCUT2D eigenvalue weighted by Crippen LogP contribution is 2.19. The molecule has 0 bridgehead atoms. The quantitative estimate of drug-likeness (QED) is 0.703. The lowest BCUT2D eigenvalue weighted by Crippen LogP contribution is -1.95. The van der Waals surface area contributed by atoms with E-state index in [0.29, 0.717) is 0 Å². The van der Waals surface area contributed by atoms with Crippen molar-refractivity contribution in [1.29, 1.82) is 0 Å². The highest BCUT2D eigenvalue weighted by molar-refractivity contribution is 5.85. The fourth-order valence-corrected chi connectivity index (χ4v) is 2.00. The van der Waals surface area contributed by atoms with Gasteiger partial charge in [-0.2, -0.15) is 0 Å². The normalized spacial score (nSPS) is 10.4. The Morgan fingerprint density at radius 1 is 0.667 bits per heavy atom. The van der Waals surface area contributed by atoms with Gasteiger partial charge < -0.3 is 5.32 Å². The second-order valence-electron chi connectivity index (χ2n) is 4.26. The highest BCUT2D eigenvalue weighted by atomic mass is 14.9. The van der Waals surface area contributed by atoms with Gasteiger partial charge in [0.05, 0.1) is 6.54 Å². The molecule has 3 aromatic rings. The first-order valence-electron chi connectivity index (χ1n) is 6.05. The Kier molecular flexibility index (Phi) is 2.97. The van der Waals surface area contributed by atoms with E-state index in [1.165, 1.54) is 16.3 Å². The van der Waals surface area contributed by atoms with Gasteiger partial charge in [-0.3, -0.25) is 0 Å². The van der Waals surface area contributed by atoms with E-state index in [-0.39, 0.29) is 0 Å². The van der Waals surface area contributed by atoms with Crippen LogP contribution in [0, 0.1) is 6.54 Å². The predicted octanol–water partition coefficient (Wildman–Crippen LogP) is 4.46. The van der Waals surface area contributed by atoms with Crippen molar-refractivity contribution >= 4 is 16.5 Å². The van der Waals surface area contributed by atoms with Crippen LogP contribution in [0.5, 0.6) is 0 Å². The third-order valence-corrected chi connectivity index (χ3v) is 2.95. The van der Waals surface area contributed by atoms with Crippen LogP contribution in [0.3, 0.4) is 0 Å². The largest absolute Gasteiger partial charge is 0.376 e. The molecule has 0 unspecified atom stereocenters. The number of hydrogen-bond acceptors (Lipinski definition) is 1. The summed E-state index contributed by atoms with van der Waals surface area (Å²) in [6.07, 6.45) is 0. The molecule has 0 spiro atoms. The summed E-state index contributed by atoms with van der Waals surface area (Å²) in [5, 5.41) is 5.85. The summed E-state index contributed by atoms with van der Waals surface area (Å²) in [7, 11) is 0. The van der Waals surface area contributed by atoms with Gasteiger partial charge in [0.1, 0.15) is 0 Å². The molecule has 3 aromatic carbocycles. The van der Waals surface area contributed by atoms with Crippen molar-refractivity contribution in [3.8, 4) is 0 Å². The molecule has 1 heteroatoms.